The van der Waals surface area contributed by atoms with Crippen molar-refractivity contribution in [3.63, 3.8) is 0 Å². The number of nitriles is 1. The molecule has 188 valence electrons. The van der Waals surface area contributed by atoms with E-state index in [1.165, 1.54) is 0 Å². The van der Waals surface area contributed by atoms with Crippen LogP contribution in [0.15, 0.2) is 54.6 Å². The number of hydrogen-bond donors (Lipinski definition) is 3. The van der Waals surface area contributed by atoms with E-state index in [0.29, 0.717) is 11.1 Å². The van der Waals surface area contributed by atoms with Crippen LogP contribution in [0.25, 0.3) is 0 Å². The lowest BCUT2D eigenvalue weighted by atomic mass is 9.97. The van der Waals surface area contributed by atoms with Gasteiger partial charge >= 0.3 is 6.09 Å². The zero-order chi connectivity index (χ0) is 26.7. The minimum atomic E-state index is -1.23. The fourth-order valence-corrected chi connectivity index (χ4v) is 3.65. The number of carbonyl (C=O) groups is 3. The molecule has 2 N–H and O–H groups in total. The number of ether oxygens (including phenoxy) is 1. The van der Waals surface area contributed by atoms with Gasteiger partial charge in [0.25, 0.3) is 0 Å². The van der Waals surface area contributed by atoms with Crippen molar-refractivity contribution in [1.29, 1.82) is 5.26 Å². The van der Waals surface area contributed by atoms with Crippen molar-refractivity contribution in [2.45, 2.75) is 45.0 Å². The molecule has 8 nitrogen and oxygen atoms in total. The molecule has 3 amide bonds. The van der Waals surface area contributed by atoms with Crippen molar-refractivity contribution in [3.05, 3.63) is 71.3 Å². The Morgan fingerprint density at radius 1 is 1.11 bits per heavy atom. The Bertz CT molecular complexity index is 1150. The number of nitrogens with zero attached hydrogens (tertiary/aromatic N) is 2. The van der Waals surface area contributed by atoms with E-state index in [1.54, 1.807) is 45.0 Å². The first-order valence-electron chi connectivity index (χ1n) is 11.3. The second kappa shape index (κ2) is 13.2. The average molecular weight is 507 g/mol. The third-order valence-corrected chi connectivity index (χ3v) is 5.34. The highest BCUT2D eigenvalue weighted by molar-refractivity contribution is 7.80. The zero-order valence-corrected chi connectivity index (χ0v) is 21.4. The number of rotatable bonds is 9. The van der Waals surface area contributed by atoms with Gasteiger partial charge in [-0.15, -0.1) is 6.42 Å². The van der Waals surface area contributed by atoms with Gasteiger partial charge in [-0.05, 0) is 38.0 Å². The van der Waals surface area contributed by atoms with Crippen LogP contribution in [0.5, 0.6) is 0 Å². The molecule has 0 fully saturated rings. The number of alkyl carbamates (subject to hydrolysis) is 1. The Morgan fingerprint density at radius 2 is 1.75 bits per heavy atom. The minimum Gasteiger partial charge on any atom is -0.444 e. The maximum absolute atomic E-state index is 13.6. The van der Waals surface area contributed by atoms with Crippen molar-refractivity contribution in [1.82, 2.24) is 15.5 Å². The molecule has 0 bridgehead atoms. The average Bonchev–Trinajstić information content (AvgIpc) is 2.85. The highest BCUT2D eigenvalue weighted by Crippen LogP contribution is 2.26. The van der Waals surface area contributed by atoms with E-state index in [9.17, 15) is 19.6 Å². The Labute approximate surface area is 217 Å². The molecule has 0 aliphatic carbocycles. The van der Waals surface area contributed by atoms with E-state index in [2.05, 4.69) is 29.2 Å². The fraction of sp³-hybridized carbons (Fsp3) is 0.333. The van der Waals surface area contributed by atoms with Crippen LogP contribution >= 0.6 is 12.6 Å². The minimum absolute atomic E-state index is 0.0881. The molecule has 0 aliphatic rings. The molecule has 2 unspecified atom stereocenters. The Hall–Kier alpha value is -3.95. The fourth-order valence-electron chi connectivity index (χ4n) is 3.41. The lowest BCUT2D eigenvalue weighted by Gasteiger charge is -2.33. The van der Waals surface area contributed by atoms with Gasteiger partial charge in [0, 0.05) is 17.9 Å². The van der Waals surface area contributed by atoms with Crippen LogP contribution in [0.4, 0.5) is 4.79 Å². The van der Waals surface area contributed by atoms with Crippen LogP contribution in [0, 0.1) is 23.7 Å². The topological polar surface area (TPSA) is 112 Å². The molecule has 0 heterocycles. The van der Waals surface area contributed by atoms with E-state index < -0.39 is 42.1 Å². The quantitative estimate of drug-likeness (QED) is 0.275. The SMILES string of the molecule is C#Cc1ccccc1C(C(=O)NCc1ccccc1)N(CC#N)C(=O)C(CS)NC(=O)OC(C)(C)C. The summed E-state index contributed by atoms with van der Waals surface area (Å²) in [6.07, 6.45) is 4.86. The highest BCUT2D eigenvalue weighted by Gasteiger charge is 2.36. The van der Waals surface area contributed by atoms with Crippen LogP contribution in [0.1, 0.15) is 43.5 Å². The predicted molar refractivity (Wildman–Crippen MR) is 140 cm³/mol. The van der Waals surface area contributed by atoms with Crippen molar-refractivity contribution >= 4 is 30.5 Å². The van der Waals surface area contributed by atoms with Crippen LogP contribution in [-0.2, 0) is 20.9 Å². The lowest BCUT2D eigenvalue weighted by molar-refractivity contribution is -0.141. The van der Waals surface area contributed by atoms with E-state index in [-0.39, 0.29) is 12.3 Å². The van der Waals surface area contributed by atoms with E-state index >= 15 is 0 Å². The summed E-state index contributed by atoms with van der Waals surface area (Å²) in [7, 11) is 0. The van der Waals surface area contributed by atoms with E-state index in [0.717, 1.165) is 10.5 Å². The molecule has 0 aliphatic heterocycles. The molecule has 36 heavy (non-hydrogen) atoms. The lowest BCUT2D eigenvalue weighted by Crippen LogP contribution is -2.54. The maximum Gasteiger partial charge on any atom is 0.408 e. The first-order chi connectivity index (χ1) is 17.1. The number of amides is 3. The molecule has 2 atom stereocenters. The van der Waals surface area contributed by atoms with Gasteiger partial charge in [0.1, 0.15) is 24.2 Å². The Balaban J connectivity index is 2.43. The van der Waals surface area contributed by atoms with Gasteiger partial charge < -0.3 is 20.3 Å². The smallest absolute Gasteiger partial charge is 0.408 e. The molecule has 2 aromatic carbocycles. The maximum atomic E-state index is 13.6. The number of carbonyl (C=O) groups excluding carboxylic acids is 3. The van der Waals surface area contributed by atoms with Gasteiger partial charge in [-0.2, -0.15) is 17.9 Å². The predicted octanol–water partition coefficient (Wildman–Crippen LogP) is 3.20. The van der Waals surface area contributed by atoms with E-state index in [4.69, 9.17) is 11.2 Å². The molecule has 0 aromatic heterocycles. The summed E-state index contributed by atoms with van der Waals surface area (Å²) in [6, 6.07) is 15.5. The number of hydrogen-bond acceptors (Lipinski definition) is 6. The molecular formula is C27H30N4O4S. The molecule has 0 saturated carbocycles. The summed E-state index contributed by atoms with van der Waals surface area (Å²) in [6.45, 7) is 4.85. The van der Waals surface area contributed by atoms with Crippen LogP contribution in [0.2, 0.25) is 0 Å². The van der Waals surface area contributed by atoms with Gasteiger partial charge in [0.15, 0.2) is 0 Å². The summed E-state index contributed by atoms with van der Waals surface area (Å²) < 4.78 is 5.25. The summed E-state index contributed by atoms with van der Waals surface area (Å²) in [5.41, 5.74) is 0.847. The second-order valence-corrected chi connectivity index (χ2v) is 9.21. The number of terminal acetylenes is 1. The van der Waals surface area contributed by atoms with Crippen LogP contribution in [0.3, 0.4) is 0 Å². The van der Waals surface area contributed by atoms with E-state index in [1.807, 2.05) is 36.4 Å². The number of thiol groups is 1. The van der Waals surface area contributed by atoms with Crippen molar-refractivity contribution in [3.8, 4) is 18.4 Å². The largest absolute Gasteiger partial charge is 0.444 e. The Kier molecular flexibility index (Phi) is 10.4. The third-order valence-electron chi connectivity index (χ3n) is 4.98. The molecule has 0 spiro atoms. The number of benzene rings is 2. The highest BCUT2D eigenvalue weighted by atomic mass is 32.1. The van der Waals surface area contributed by atoms with Crippen molar-refractivity contribution in [2.75, 3.05) is 12.3 Å². The van der Waals surface area contributed by atoms with Crippen molar-refractivity contribution in [2.24, 2.45) is 0 Å². The normalized spacial score (nSPS) is 12.3. The number of nitrogens with one attached hydrogen (secondary N) is 2. The molecule has 2 rings (SSSR count). The summed E-state index contributed by atoms with van der Waals surface area (Å²) in [5.74, 6) is 1.24. The third kappa shape index (κ3) is 8.07. The zero-order valence-electron chi connectivity index (χ0n) is 20.5. The monoisotopic (exact) mass is 506 g/mol. The van der Waals surface area contributed by atoms with Crippen molar-refractivity contribution < 1.29 is 19.1 Å². The van der Waals surface area contributed by atoms with Gasteiger partial charge in [0.2, 0.25) is 11.8 Å². The summed E-state index contributed by atoms with van der Waals surface area (Å²) in [4.78, 5) is 40.5. The van der Waals surface area contributed by atoms with Gasteiger partial charge in [-0.1, -0.05) is 54.5 Å². The molecule has 0 radical (unpaired) electrons. The molecular weight excluding hydrogens is 476 g/mol. The van der Waals surface area contributed by atoms with Crippen LogP contribution < -0.4 is 10.6 Å². The molecule has 9 heteroatoms. The molecule has 0 saturated heterocycles. The first-order valence-corrected chi connectivity index (χ1v) is 11.9. The van der Waals surface area contributed by atoms with Gasteiger partial charge in [0.05, 0.1) is 6.07 Å². The molecule has 2 aromatic rings. The first kappa shape index (κ1) is 28.3. The van der Waals surface area contributed by atoms with Crippen LogP contribution in [-0.4, -0.2) is 46.7 Å². The Morgan fingerprint density at radius 3 is 2.33 bits per heavy atom. The summed E-state index contributed by atoms with van der Waals surface area (Å²) in [5, 5.41) is 14.9. The standard InChI is InChI=1S/C27H30N4O4S/c1-5-20-13-9-10-14-21(20)23(24(32)29-17-19-11-7-6-8-12-19)31(16-15-28)25(33)22(18-36)30-26(34)35-27(2,3)4/h1,6-14,22-23,36H,16-18H2,2-4H3,(H,29,32)(H,30,34). The van der Waals surface area contributed by atoms with Gasteiger partial charge in [-0.3, -0.25) is 9.59 Å². The summed E-state index contributed by atoms with van der Waals surface area (Å²) >= 11 is 4.21. The second-order valence-electron chi connectivity index (χ2n) is 8.84. The van der Waals surface area contributed by atoms with Gasteiger partial charge in [-0.25, -0.2) is 4.79 Å².